The molecule has 5 rings (SSSR count). The van der Waals surface area contributed by atoms with Crippen molar-refractivity contribution in [1.82, 2.24) is 4.72 Å². The standard InChI is InChI=1S/C28H22ClNO2S/c29-24-13-9-20(10-14-24)21-11-15-25(16-12-21)33-30-28(27(31)32)18-26(28)23-8-4-7-22(17-23)19-5-2-1-3-6-19/h1-17,26,30H,18H2,(H,31,32). The van der Waals surface area contributed by atoms with Gasteiger partial charge in [0, 0.05) is 15.8 Å². The topological polar surface area (TPSA) is 49.3 Å². The molecule has 4 aromatic rings. The Morgan fingerprint density at radius 2 is 1.42 bits per heavy atom. The minimum absolute atomic E-state index is 0.0699. The first-order chi connectivity index (χ1) is 16.0. The van der Waals surface area contributed by atoms with Crippen LogP contribution >= 0.6 is 23.5 Å². The maximum absolute atomic E-state index is 12.2. The predicted octanol–water partition coefficient (Wildman–Crippen LogP) is 7.28. The highest BCUT2D eigenvalue weighted by Crippen LogP contribution is 2.53. The van der Waals surface area contributed by atoms with Crippen LogP contribution in [0.2, 0.25) is 5.02 Å². The van der Waals surface area contributed by atoms with Crippen LogP contribution in [0.15, 0.2) is 108 Å². The van der Waals surface area contributed by atoms with E-state index in [0.717, 1.165) is 32.7 Å². The van der Waals surface area contributed by atoms with E-state index < -0.39 is 11.5 Å². The summed E-state index contributed by atoms with van der Waals surface area (Å²) in [6, 6.07) is 34.2. The molecule has 33 heavy (non-hydrogen) atoms. The summed E-state index contributed by atoms with van der Waals surface area (Å²) in [5.41, 5.74) is 4.49. The van der Waals surface area contributed by atoms with E-state index in [1.807, 2.05) is 78.9 Å². The van der Waals surface area contributed by atoms with Crippen LogP contribution < -0.4 is 4.72 Å². The molecule has 0 saturated heterocycles. The predicted molar refractivity (Wildman–Crippen MR) is 135 cm³/mol. The van der Waals surface area contributed by atoms with Crippen LogP contribution in [0.5, 0.6) is 0 Å². The Balaban J connectivity index is 1.30. The lowest BCUT2D eigenvalue weighted by Gasteiger charge is -2.15. The normalized spacial score (nSPS) is 19.2. The van der Waals surface area contributed by atoms with E-state index >= 15 is 0 Å². The van der Waals surface area contributed by atoms with Gasteiger partial charge in [0.05, 0.1) is 0 Å². The van der Waals surface area contributed by atoms with Gasteiger partial charge >= 0.3 is 5.97 Å². The van der Waals surface area contributed by atoms with E-state index in [0.29, 0.717) is 11.4 Å². The zero-order valence-corrected chi connectivity index (χ0v) is 19.3. The summed E-state index contributed by atoms with van der Waals surface area (Å²) in [7, 11) is 0. The molecule has 0 amide bonds. The molecular weight excluding hydrogens is 450 g/mol. The number of carboxylic acids is 1. The maximum atomic E-state index is 12.2. The first-order valence-electron chi connectivity index (χ1n) is 10.7. The van der Waals surface area contributed by atoms with E-state index in [9.17, 15) is 9.90 Å². The van der Waals surface area contributed by atoms with Gasteiger partial charge in [-0.15, -0.1) is 0 Å². The number of benzene rings is 4. The average Bonchev–Trinajstić information content (AvgIpc) is 3.61. The van der Waals surface area contributed by atoms with Crippen LogP contribution in [-0.2, 0) is 4.79 Å². The molecule has 1 aliphatic carbocycles. The summed E-state index contributed by atoms with van der Waals surface area (Å²) in [4.78, 5) is 13.2. The first kappa shape index (κ1) is 21.8. The second-order valence-corrected chi connectivity index (χ2v) is 9.58. The summed E-state index contributed by atoms with van der Waals surface area (Å²) in [5, 5.41) is 10.7. The first-order valence-corrected chi connectivity index (χ1v) is 11.9. The van der Waals surface area contributed by atoms with Crippen LogP contribution in [0.3, 0.4) is 0 Å². The number of carbonyl (C=O) groups is 1. The zero-order chi connectivity index (χ0) is 22.8. The summed E-state index contributed by atoms with van der Waals surface area (Å²) >= 11 is 7.35. The smallest absolute Gasteiger partial charge is 0.325 e. The van der Waals surface area contributed by atoms with E-state index in [-0.39, 0.29) is 5.92 Å². The van der Waals surface area contributed by atoms with Crippen molar-refractivity contribution in [2.24, 2.45) is 0 Å². The van der Waals surface area contributed by atoms with Gasteiger partial charge in [-0.25, -0.2) is 4.72 Å². The number of hydrogen-bond acceptors (Lipinski definition) is 3. The summed E-state index contributed by atoms with van der Waals surface area (Å²) in [6.07, 6.45) is 0.566. The number of halogens is 1. The number of carboxylic acid groups (broad SMARTS) is 1. The molecule has 0 heterocycles. The Labute approximate surface area is 202 Å². The van der Waals surface area contributed by atoms with Crippen molar-refractivity contribution < 1.29 is 9.90 Å². The Hall–Kier alpha value is -3.05. The van der Waals surface area contributed by atoms with Gasteiger partial charge in [0.25, 0.3) is 0 Å². The second kappa shape index (κ2) is 9.06. The van der Waals surface area contributed by atoms with Gasteiger partial charge in [0.2, 0.25) is 0 Å². The van der Waals surface area contributed by atoms with E-state index in [1.165, 1.54) is 11.9 Å². The lowest BCUT2D eigenvalue weighted by atomic mass is 9.99. The van der Waals surface area contributed by atoms with Gasteiger partial charge < -0.3 is 5.11 Å². The Kier molecular flexibility index (Phi) is 5.98. The molecular formula is C28H22ClNO2S. The zero-order valence-electron chi connectivity index (χ0n) is 17.7. The summed E-state index contributed by atoms with van der Waals surface area (Å²) in [5.74, 6) is -0.887. The number of aliphatic carboxylic acids is 1. The van der Waals surface area contributed by atoms with Crippen LogP contribution in [0, 0.1) is 0 Å². The molecule has 0 spiro atoms. The van der Waals surface area contributed by atoms with Crippen LogP contribution in [0.25, 0.3) is 22.3 Å². The maximum Gasteiger partial charge on any atom is 0.325 e. The van der Waals surface area contributed by atoms with Crippen molar-refractivity contribution in [2.45, 2.75) is 22.8 Å². The Morgan fingerprint density at radius 1 is 0.818 bits per heavy atom. The van der Waals surface area contributed by atoms with E-state index in [4.69, 9.17) is 11.6 Å². The molecule has 0 aliphatic heterocycles. The highest BCUT2D eigenvalue weighted by Gasteiger charge is 2.61. The van der Waals surface area contributed by atoms with Gasteiger partial charge in [-0.1, -0.05) is 90.5 Å². The van der Waals surface area contributed by atoms with Crippen molar-refractivity contribution in [3.63, 3.8) is 0 Å². The average molecular weight is 472 g/mol. The van der Waals surface area contributed by atoms with Gasteiger partial charge in [0.15, 0.2) is 0 Å². The summed E-state index contributed by atoms with van der Waals surface area (Å²) in [6.45, 7) is 0. The molecule has 1 fully saturated rings. The van der Waals surface area contributed by atoms with Crippen LogP contribution in [0.1, 0.15) is 17.9 Å². The van der Waals surface area contributed by atoms with Crippen molar-refractivity contribution in [3.8, 4) is 22.3 Å². The van der Waals surface area contributed by atoms with Gasteiger partial charge in [-0.2, -0.15) is 0 Å². The third-order valence-corrected chi connectivity index (χ3v) is 7.35. The largest absolute Gasteiger partial charge is 0.480 e. The molecule has 1 aliphatic rings. The van der Waals surface area contributed by atoms with Crippen molar-refractivity contribution in [2.75, 3.05) is 0 Å². The molecule has 3 nitrogen and oxygen atoms in total. The van der Waals surface area contributed by atoms with Gasteiger partial charge in [-0.3, -0.25) is 4.79 Å². The molecule has 0 radical (unpaired) electrons. The number of hydrogen-bond donors (Lipinski definition) is 2. The second-order valence-electron chi connectivity index (χ2n) is 8.26. The molecule has 0 bridgehead atoms. The fraction of sp³-hybridized carbons (Fsp3) is 0.107. The van der Waals surface area contributed by atoms with Gasteiger partial charge in [0.1, 0.15) is 5.54 Å². The fourth-order valence-electron chi connectivity index (χ4n) is 4.13. The van der Waals surface area contributed by atoms with E-state index in [2.05, 4.69) is 29.0 Å². The molecule has 164 valence electrons. The van der Waals surface area contributed by atoms with Gasteiger partial charge in [-0.05, 0) is 70.5 Å². The highest BCUT2D eigenvalue weighted by molar-refractivity contribution is 7.97. The molecule has 2 atom stereocenters. The summed E-state index contributed by atoms with van der Waals surface area (Å²) < 4.78 is 3.26. The molecule has 1 saturated carbocycles. The van der Waals surface area contributed by atoms with Crippen LogP contribution in [0.4, 0.5) is 0 Å². The molecule has 0 aromatic heterocycles. The third kappa shape index (κ3) is 4.55. The van der Waals surface area contributed by atoms with Crippen molar-refractivity contribution >= 4 is 29.5 Å². The Morgan fingerprint density at radius 3 is 2.09 bits per heavy atom. The Bertz CT molecular complexity index is 1280. The highest BCUT2D eigenvalue weighted by atomic mass is 35.5. The lowest BCUT2D eigenvalue weighted by molar-refractivity contribution is -0.140. The molecule has 2 unspecified atom stereocenters. The monoisotopic (exact) mass is 471 g/mol. The molecule has 2 N–H and O–H groups in total. The minimum Gasteiger partial charge on any atom is -0.480 e. The molecule has 4 aromatic carbocycles. The quantitative estimate of drug-likeness (QED) is 0.278. The lowest BCUT2D eigenvalue weighted by Crippen LogP contribution is -2.36. The van der Waals surface area contributed by atoms with E-state index in [1.54, 1.807) is 0 Å². The fourth-order valence-corrected chi connectivity index (χ4v) is 5.14. The third-order valence-electron chi connectivity index (χ3n) is 6.12. The van der Waals surface area contributed by atoms with Crippen LogP contribution in [-0.4, -0.2) is 16.6 Å². The molecule has 5 heteroatoms. The number of nitrogens with one attached hydrogen (secondary N) is 1. The van der Waals surface area contributed by atoms with Crippen molar-refractivity contribution in [1.29, 1.82) is 0 Å². The van der Waals surface area contributed by atoms with Crippen molar-refractivity contribution in [3.05, 3.63) is 114 Å². The SMILES string of the molecule is O=C(O)C1(NSc2ccc(-c3ccc(Cl)cc3)cc2)CC1c1cccc(-c2ccccc2)c1. The number of rotatable bonds is 7. The minimum atomic E-state index is -0.963.